The molecular formula is C7H15NO3. The number of nitrogens with one attached hydrogen (secondary N) is 1. The first-order valence-corrected chi connectivity index (χ1v) is 3.71. The summed E-state index contributed by atoms with van der Waals surface area (Å²) in [6.45, 7) is 3.15. The van der Waals surface area contributed by atoms with Gasteiger partial charge in [-0.1, -0.05) is 6.92 Å². The molecule has 0 saturated carbocycles. The van der Waals surface area contributed by atoms with Crippen LogP contribution in [-0.2, 0) is 4.79 Å². The number of aliphatic hydroxyl groups excluding tert-OH is 2. The van der Waals surface area contributed by atoms with Gasteiger partial charge in [0.05, 0.1) is 12.6 Å². The van der Waals surface area contributed by atoms with Gasteiger partial charge in [0.1, 0.15) is 6.10 Å². The van der Waals surface area contributed by atoms with Crippen LogP contribution in [0.5, 0.6) is 0 Å². The van der Waals surface area contributed by atoms with Crippen LogP contribution in [0.3, 0.4) is 0 Å². The van der Waals surface area contributed by atoms with E-state index < -0.39 is 12.0 Å². The van der Waals surface area contributed by atoms with Crippen molar-refractivity contribution < 1.29 is 15.0 Å². The van der Waals surface area contributed by atoms with E-state index in [-0.39, 0.29) is 12.6 Å². The summed E-state index contributed by atoms with van der Waals surface area (Å²) in [7, 11) is 0. The molecule has 1 amide bonds. The first-order chi connectivity index (χ1) is 5.11. The number of rotatable bonds is 4. The van der Waals surface area contributed by atoms with Crippen LogP contribution >= 0.6 is 0 Å². The number of carbonyl (C=O) groups excluding carboxylic acids is 1. The molecule has 66 valence electrons. The summed E-state index contributed by atoms with van der Waals surface area (Å²) < 4.78 is 0. The normalized spacial score (nSPS) is 15.6. The highest BCUT2D eigenvalue weighted by Crippen LogP contribution is 1.90. The Morgan fingerprint density at radius 1 is 1.64 bits per heavy atom. The first-order valence-electron chi connectivity index (χ1n) is 3.71. The second kappa shape index (κ2) is 5.09. The van der Waals surface area contributed by atoms with E-state index in [2.05, 4.69) is 5.32 Å². The van der Waals surface area contributed by atoms with Crippen LogP contribution in [-0.4, -0.2) is 34.9 Å². The lowest BCUT2D eigenvalue weighted by atomic mass is 10.2. The maximum Gasteiger partial charge on any atom is 0.248 e. The maximum absolute atomic E-state index is 10.8. The minimum atomic E-state index is -1.00. The molecule has 0 aromatic rings. The highest BCUT2D eigenvalue weighted by Gasteiger charge is 2.12. The molecule has 4 nitrogen and oxygen atoms in total. The second-order valence-electron chi connectivity index (χ2n) is 2.47. The van der Waals surface area contributed by atoms with Crippen molar-refractivity contribution in [2.24, 2.45) is 0 Å². The summed E-state index contributed by atoms with van der Waals surface area (Å²) in [6.07, 6.45) is -0.342. The molecule has 0 aromatic heterocycles. The van der Waals surface area contributed by atoms with Gasteiger partial charge in [0.2, 0.25) is 5.91 Å². The molecule has 0 aliphatic heterocycles. The van der Waals surface area contributed by atoms with Crippen molar-refractivity contribution in [3.05, 3.63) is 0 Å². The molecule has 4 heteroatoms. The summed E-state index contributed by atoms with van der Waals surface area (Å²) >= 11 is 0. The van der Waals surface area contributed by atoms with Crippen molar-refractivity contribution in [1.82, 2.24) is 5.32 Å². The molecule has 0 aliphatic rings. The maximum atomic E-state index is 10.8. The van der Waals surface area contributed by atoms with Crippen molar-refractivity contribution >= 4 is 5.91 Å². The molecule has 0 heterocycles. The molecule has 0 radical (unpaired) electrons. The van der Waals surface area contributed by atoms with Crippen LogP contribution < -0.4 is 5.32 Å². The predicted molar refractivity (Wildman–Crippen MR) is 41.0 cm³/mol. The van der Waals surface area contributed by atoms with Crippen LogP contribution in [0.1, 0.15) is 20.3 Å². The Hall–Kier alpha value is -0.610. The van der Waals surface area contributed by atoms with E-state index in [0.29, 0.717) is 6.42 Å². The predicted octanol–water partition coefficient (Wildman–Crippen LogP) is -0.746. The number of aliphatic hydroxyl groups is 2. The zero-order valence-electron chi connectivity index (χ0n) is 6.87. The van der Waals surface area contributed by atoms with Crippen LogP contribution in [0.25, 0.3) is 0 Å². The van der Waals surface area contributed by atoms with Gasteiger partial charge in [-0.3, -0.25) is 4.79 Å². The van der Waals surface area contributed by atoms with Crippen molar-refractivity contribution in [1.29, 1.82) is 0 Å². The van der Waals surface area contributed by atoms with Crippen molar-refractivity contribution in [2.45, 2.75) is 32.4 Å². The van der Waals surface area contributed by atoms with E-state index in [4.69, 9.17) is 10.2 Å². The first kappa shape index (κ1) is 10.4. The van der Waals surface area contributed by atoms with Gasteiger partial charge >= 0.3 is 0 Å². The summed E-state index contributed by atoms with van der Waals surface area (Å²) in [4.78, 5) is 10.8. The highest BCUT2D eigenvalue weighted by atomic mass is 16.3. The largest absolute Gasteiger partial charge is 0.394 e. The van der Waals surface area contributed by atoms with E-state index in [1.54, 1.807) is 0 Å². The topological polar surface area (TPSA) is 69.6 Å². The molecule has 0 saturated heterocycles. The third-order valence-corrected chi connectivity index (χ3v) is 1.44. The smallest absolute Gasteiger partial charge is 0.248 e. The molecule has 2 atom stereocenters. The molecule has 3 N–H and O–H groups in total. The molecule has 0 rings (SSSR count). The van der Waals surface area contributed by atoms with Crippen LogP contribution in [0.15, 0.2) is 0 Å². The quantitative estimate of drug-likeness (QED) is 0.508. The van der Waals surface area contributed by atoms with E-state index in [9.17, 15) is 4.79 Å². The molecule has 0 aliphatic carbocycles. The Kier molecular flexibility index (Phi) is 4.81. The third-order valence-electron chi connectivity index (χ3n) is 1.44. The lowest BCUT2D eigenvalue weighted by Crippen LogP contribution is -2.41. The zero-order chi connectivity index (χ0) is 8.85. The van der Waals surface area contributed by atoms with E-state index in [1.165, 1.54) is 6.92 Å². The Bertz CT molecular complexity index is 121. The SMILES string of the molecule is CC[C@@H](CO)NC(=O)[C@H](C)O. The van der Waals surface area contributed by atoms with E-state index >= 15 is 0 Å². The zero-order valence-corrected chi connectivity index (χ0v) is 6.87. The van der Waals surface area contributed by atoms with Gasteiger partial charge in [0.15, 0.2) is 0 Å². The van der Waals surface area contributed by atoms with Gasteiger partial charge < -0.3 is 15.5 Å². The summed E-state index contributed by atoms with van der Waals surface area (Å²) in [5.74, 6) is -0.439. The fourth-order valence-corrected chi connectivity index (χ4v) is 0.599. The van der Waals surface area contributed by atoms with Crippen molar-refractivity contribution in [3.8, 4) is 0 Å². The minimum Gasteiger partial charge on any atom is -0.394 e. The number of hydrogen-bond donors (Lipinski definition) is 3. The fraction of sp³-hybridized carbons (Fsp3) is 0.857. The lowest BCUT2D eigenvalue weighted by molar-refractivity contribution is -0.129. The molecule has 0 fully saturated rings. The Morgan fingerprint density at radius 3 is 2.45 bits per heavy atom. The molecule has 0 bridgehead atoms. The molecule has 11 heavy (non-hydrogen) atoms. The molecule has 0 unspecified atom stereocenters. The van der Waals surface area contributed by atoms with Crippen molar-refractivity contribution in [3.63, 3.8) is 0 Å². The third kappa shape index (κ3) is 3.95. The van der Waals surface area contributed by atoms with Gasteiger partial charge in [-0.15, -0.1) is 0 Å². The Balaban J connectivity index is 3.72. The summed E-state index contributed by atoms with van der Waals surface area (Å²) in [6, 6.07) is -0.239. The summed E-state index contributed by atoms with van der Waals surface area (Å²) in [5.41, 5.74) is 0. The minimum absolute atomic E-state index is 0.0883. The Morgan fingerprint density at radius 2 is 2.18 bits per heavy atom. The number of amides is 1. The monoisotopic (exact) mass is 161 g/mol. The molecular weight excluding hydrogens is 146 g/mol. The van der Waals surface area contributed by atoms with Gasteiger partial charge in [-0.05, 0) is 13.3 Å². The summed E-state index contributed by atoms with van der Waals surface area (Å²) in [5, 5.41) is 19.9. The van der Waals surface area contributed by atoms with Gasteiger partial charge in [0.25, 0.3) is 0 Å². The second-order valence-corrected chi connectivity index (χ2v) is 2.47. The lowest BCUT2D eigenvalue weighted by Gasteiger charge is -2.14. The van der Waals surface area contributed by atoms with Crippen LogP contribution in [0.2, 0.25) is 0 Å². The molecule has 0 spiro atoms. The van der Waals surface area contributed by atoms with Crippen molar-refractivity contribution in [2.75, 3.05) is 6.61 Å². The standard InChI is InChI=1S/C7H15NO3/c1-3-6(4-9)8-7(11)5(2)10/h5-6,9-10H,3-4H2,1-2H3,(H,8,11)/t5-,6-/m0/s1. The average Bonchev–Trinajstić information content (AvgIpc) is 1.99. The fourth-order valence-electron chi connectivity index (χ4n) is 0.599. The van der Waals surface area contributed by atoms with E-state index in [0.717, 1.165) is 0 Å². The molecule has 0 aromatic carbocycles. The number of hydrogen-bond acceptors (Lipinski definition) is 3. The van der Waals surface area contributed by atoms with Crippen LogP contribution in [0.4, 0.5) is 0 Å². The van der Waals surface area contributed by atoms with Gasteiger partial charge in [-0.2, -0.15) is 0 Å². The highest BCUT2D eigenvalue weighted by molar-refractivity contribution is 5.80. The van der Waals surface area contributed by atoms with Gasteiger partial charge in [0, 0.05) is 0 Å². The van der Waals surface area contributed by atoms with Gasteiger partial charge in [-0.25, -0.2) is 0 Å². The van der Waals surface area contributed by atoms with E-state index in [1.807, 2.05) is 6.92 Å². The number of carbonyl (C=O) groups is 1. The Labute approximate surface area is 66.2 Å². The van der Waals surface area contributed by atoms with Crippen LogP contribution in [0, 0.1) is 0 Å². The average molecular weight is 161 g/mol.